The van der Waals surface area contributed by atoms with E-state index >= 15 is 10.2 Å². The first kappa shape index (κ1) is 45.4. The maximum atomic E-state index is 15.7. The van der Waals surface area contributed by atoms with Crippen LogP contribution in [0.2, 0.25) is 0 Å². The Hall–Kier alpha value is -8.48. The Balaban J connectivity index is 1.00. The van der Waals surface area contributed by atoms with Crippen LogP contribution in [-0.4, -0.2) is 28.2 Å². The Labute approximate surface area is 461 Å². The summed E-state index contributed by atoms with van der Waals surface area (Å²) in [5.74, 6) is -1.14. The molecule has 2 aliphatic rings. The molecule has 2 N–H and O–H groups in total. The summed E-state index contributed by atoms with van der Waals surface area (Å²) in [6, 6.07) is 78.8. The lowest BCUT2D eigenvalue weighted by Gasteiger charge is -2.44. The summed E-state index contributed by atoms with van der Waals surface area (Å²) in [5, 5.41) is 57.8. The van der Waals surface area contributed by atoms with Crippen LogP contribution < -0.4 is 0 Å². The van der Waals surface area contributed by atoms with Gasteiger partial charge in [-0.1, -0.05) is 238 Å². The van der Waals surface area contributed by atoms with Crippen LogP contribution in [0.25, 0.3) is 129 Å². The molecule has 1 spiro atoms. The molecule has 2 fully saturated rings. The minimum atomic E-state index is -1.96. The fraction of sp³-hybridized carbons (Fsp3) is 0.158. The molecule has 16 aromatic rings. The van der Waals surface area contributed by atoms with E-state index in [9.17, 15) is 0 Å². The van der Waals surface area contributed by atoms with Crippen molar-refractivity contribution < 1.29 is 19.7 Å². The van der Waals surface area contributed by atoms with Crippen LogP contribution in [0.1, 0.15) is 67.2 Å². The SMILES string of the molecule is OC(c1ccc2ccc3cccc4ccc1c2c34)(c1ccc2ccc3cccc4ccc1c2c34)[C@@H]1OC2(CCCCCCC2)O[C@H]1C(O)(c1ccc2ccc3cccc4ccc1c2c34)c1ccc2ccc3cccc4ccc1c2c34. The predicted molar refractivity (Wildman–Crippen MR) is 331 cm³/mol. The van der Waals surface area contributed by atoms with Gasteiger partial charge in [0.2, 0.25) is 0 Å². The Bertz CT molecular complexity index is 4500. The van der Waals surface area contributed by atoms with Crippen LogP contribution in [0.15, 0.2) is 218 Å². The van der Waals surface area contributed by atoms with E-state index in [1.165, 1.54) is 0 Å². The van der Waals surface area contributed by atoms with Gasteiger partial charge < -0.3 is 19.7 Å². The molecule has 2 atom stereocenters. The van der Waals surface area contributed by atoms with E-state index in [0.717, 1.165) is 161 Å². The molecule has 4 nitrogen and oxygen atoms in total. The van der Waals surface area contributed by atoms with E-state index in [-0.39, 0.29) is 0 Å². The summed E-state index contributed by atoms with van der Waals surface area (Å²) in [6.45, 7) is 0. The van der Waals surface area contributed by atoms with Crippen LogP contribution in [0.4, 0.5) is 0 Å². The standard InChI is InChI=1S/C76H54O4/c77-75(60-38-30-52-22-18-44-10-6-14-48-26-34-56(60)68(52)64(44)48,61-39-31-53-23-19-45-11-7-15-49-27-35-57(61)69(53)65(45)49)72-73(80-74(79-72)42-4-2-1-3-5-43-74)76(78,62-40-32-54-24-20-46-12-8-16-50-28-36-58(62)70(54)66(46)50)63-41-33-55-25-21-47-13-9-17-51-29-37-59(63)71(55)67(47)51/h6-41,72-73,77-78H,1-5,42-43H2/t72-,73-/m1/s1. The Morgan fingerprint density at radius 3 is 0.738 bits per heavy atom. The van der Waals surface area contributed by atoms with E-state index in [4.69, 9.17) is 9.47 Å². The minimum absolute atomic E-state index is 0.625. The molecule has 1 saturated carbocycles. The lowest BCUT2D eigenvalue weighted by molar-refractivity contribution is -0.208. The molecule has 18 rings (SSSR count). The van der Waals surface area contributed by atoms with Crippen molar-refractivity contribution in [3.63, 3.8) is 0 Å². The van der Waals surface area contributed by atoms with Gasteiger partial charge in [-0.2, -0.15) is 0 Å². The van der Waals surface area contributed by atoms with Gasteiger partial charge in [-0.3, -0.25) is 0 Å². The van der Waals surface area contributed by atoms with Crippen molar-refractivity contribution in [2.24, 2.45) is 0 Å². The third-order valence-electron chi connectivity index (χ3n) is 19.7. The second kappa shape index (κ2) is 16.3. The van der Waals surface area contributed by atoms with Gasteiger partial charge in [-0.15, -0.1) is 0 Å². The molecule has 1 heterocycles. The van der Waals surface area contributed by atoms with Crippen LogP contribution >= 0.6 is 0 Å². The summed E-state index contributed by atoms with van der Waals surface area (Å²) >= 11 is 0. The molecule has 1 saturated heterocycles. The maximum absolute atomic E-state index is 15.7. The van der Waals surface area contributed by atoms with Gasteiger partial charge >= 0.3 is 0 Å². The van der Waals surface area contributed by atoms with Crippen LogP contribution in [0.5, 0.6) is 0 Å². The highest BCUT2D eigenvalue weighted by atomic mass is 16.8. The Kier molecular flexibility index (Phi) is 9.26. The van der Waals surface area contributed by atoms with Gasteiger partial charge in [-0.05, 0) is 164 Å². The van der Waals surface area contributed by atoms with Gasteiger partial charge in [-0.25, -0.2) is 0 Å². The maximum Gasteiger partial charge on any atom is 0.169 e. The molecule has 1 aliphatic carbocycles. The first-order valence-electron chi connectivity index (χ1n) is 28.8. The zero-order valence-electron chi connectivity index (χ0n) is 44.1. The van der Waals surface area contributed by atoms with Gasteiger partial charge in [0.05, 0.1) is 0 Å². The third kappa shape index (κ3) is 5.99. The van der Waals surface area contributed by atoms with E-state index < -0.39 is 29.2 Å². The molecule has 0 amide bonds. The number of ether oxygens (including phenoxy) is 2. The van der Waals surface area contributed by atoms with Crippen molar-refractivity contribution >= 4 is 129 Å². The summed E-state index contributed by atoms with van der Waals surface area (Å²) in [6.07, 6.45) is 3.92. The summed E-state index contributed by atoms with van der Waals surface area (Å²) < 4.78 is 16.2. The molecule has 4 heteroatoms. The largest absolute Gasteiger partial charge is 0.377 e. The molecule has 0 radical (unpaired) electrons. The van der Waals surface area contributed by atoms with Crippen molar-refractivity contribution in [3.8, 4) is 0 Å². The molecule has 382 valence electrons. The summed E-state index contributed by atoms with van der Waals surface area (Å²) in [4.78, 5) is 0. The molecular formula is C76H54O4. The van der Waals surface area contributed by atoms with Crippen molar-refractivity contribution in [2.75, 3.05) is 0 Å². The first-order chi connectivity index (χ1) is 39.4. The number of benzene rings is 16. The number of hydrogen-bond donors (Lipinski definition) is 2. The van der Waals surface area contributed by atoms with Gasteiger partial charge in [0.15, 0.2) is 5.79 Å². The highest BCUT2D eigenvalue weighted by Gasteiger charge is 2.64. The zero-order chi connectivity index (χ0) is 52.6. The van der Waals surface area contributed by atoms with Crippen molar-refractivity contribution in [3.05, 3.63) is 241 Å². The fourth-order valence-electron chi connectivity index (χ4n) is 16.1. The molecule has 0 aromatic heterocycles. The van der Waals surface area contributed by atoms with Crippen LogP contribution in [0.3, 0.4) is 0 Å². The smallest absolute Gasteiger partial charge is 0.169 e. The third-order valence-corrected chi connectivity index (χ3v) is 19.7. The van der Waals surface area contributed by atoms with Gasteiger partial charge in [0.25, 0.3) is 0 Å². The van der Waals surface area contributed by atoms with Crippen LogP contribution in [-0.2, 0) is 20.7 Å². The lowest BCUT2D eigenvalue weighted by atomic mass is 9.68. The van der Waals surface area contributed by atoms with E-state index in [1.54, 1.807) is 0 Å². The molecule has 0 unspecified atom stereocenters. The minimum Gasteiger partial charge on any atom is -0.377 e. The topological polar surface area (TPSA) is 58.9 Å². The number of hydrogen-bond acceptors (Lipinski definition) is 4. The van der Waals surface area contributed by atoms with E-state index in [0.29, 0.717) is 35.1 Å². The van der Waals surface area contributed by atoms with Crippen molar-refractivity contribution in [1.82, 2.24) is 0 Å². The molecule has 0 bridgehead atoms. The zero-order valence-corrected chi connectivity index (χ0v) is 44.1. The molecular weight excluding hydrogens is 977 g/mol. The molecule has 1 aliphatic heterocycles. The van der Waals surface area contributed by atoms with Crippen LogP contribution in [0, 0.1) is 0 Å². The van der Waals surface area contributed by atoms with Gasteiger partial charge in [0.1, 0.15) is 23.4 Å². The van der Waals surface area contributed by atoms with Gasteiger partial charge in [0, 0.05) is 12.8 Å². The van der Waals surface area contributed by atoms with E-state index in [2.05, 4.69) is 218 Å². The normalized spacial score (nSPS) is 17.8. The first-order valence-corrected chi connectivity index (χ1v) is 28.8. The highest BCUT2D eigenvalue weighted by Crippen LogP contribution is 2.58. The monoisotopic (exact) mass is 1030 g/mol. The number of rotatable bonds is 6. The molecule has 16 aromatic carbocycles. The van der Waals surface area contributed by atoms with Crippen molar-refractivity contribution in [2.45, 2.75) is 74.1 Å². The summed E-state index contributed by atoms with van der Waals surface area (Å²) in [7, 11) is 0. The second-order valence-electron chi connectivity index (χ2n) is 23.7. The fourth-order valence-corrected chi connectivity index (χ4v) is 16.1. The average molecular weight is 1030 g/mol. The summed E-state index contributed by atoms with van der Waals surface area (Å²) in [5.41, 5.74) is -1.05. The lowest BCUT2D eigenvalue weighted by Crippen LogP contribution is -2.55. The van der Waals surface area contributed by atoms with E-state index in [1.807, 2.05) is 0 Å². The second-order valence-corrected chi connectivity index (χ2v) is 23.7. The Morgan fingerprint density at radius 2 is 0.475 bits per heavy atom. The Morgan fingerprint density at radius 1 is 0.263 bits per heavy atom. The highest BCUT2D eigenvalue weighted by molar-refractivity contribution is 6.27. The quantitative estimate of drug-likeness (QED) is 0.163. The number of aliphatic hydroxyl groups is 2. The predicted octanol–water partition coefficient (Wildman–Crippen LogP) is 18.7. The molecule has 80 heavy (non-hydrogen) atoms. The van der Waals surface area contributed by atoms with Crippen molar-refractivity contribution in [1.29, 1.82) is 0 Å². The average Bonchev–Trinajstić information content (AvgIpc) is 3.23.